The monoisotopic (exact) mass is 430 g/mol. The van der Waals surface area contributed by atoms with Gasteiger partial charge in [-0.25, -0.2) is 9.78 Å². The number of aromatic nitrogens is 3. The third-order valence-corrected chi connectivity index (χ3v) is 4.41. The first kappa shape index (κ1) is 23.7. The van der Waals surface area contributed by atoms with E-state index >= 15 is 0 Å². The van der Waals surface area contributed by atoms with Crippen LogP contribution in [0.4, 0.5) is 0 Å². The molecule has 166 valence electrons. The van der Waals surface area contributed by atoms with E-state index in [0.29, 0.717) is 37.5 Å². The maximum atomic E-state index is 13.0. The molecular formula is C21H26N4O6. The highest BCUT2D eigenvalue weighted by atomic mass is 16.5. The molecule has 0 saturated carbocycles. The smallest absolute Gasteiger partial charge is 0.341 e. The average molecular weight is 430 g/mol. The number of hydrogen-bond donors (Lipinski definition) is 2. The predicted molar refractivity (Wildman–Crippen MR) is 113 cm³/mol. The Morgan fingerprint density at radius 2 is 1.97 bits per heavy atom. The van der Waals surface area contributed by atoms with Gasteiger partial charge < -0.3 is 19.1 Å². The van der Waals surface area contributed by atoms with Crippen LogP contribution in [0.3, 0.4) is 0 Å². The van der Waals surface area contributed by atoms with Gasteiger partial charge in [0.2, 0.25) is 0 Å². The number of carboxylic acid groups (broad SMARTS) is 1. The molecule has 0 bridgehead atoms. The van der Waals surface area contributed by atoms with Gasteiger partial charge in [0.15, 0.2) is 0 Å². The Morgan fingerprint density at radius 1 is 1.29 bits per heavy atom. The number of pyridine rings is 2. The van der Waals surface area contributed by atoms with Gasteiger partial charge in [0, 0.05) is 32.9 Å². The molecule has 0 unspecified atom stereocenters. The maximum Gasteiger partial charge on any atom is 0.341 e. The number of carboxylic acids is 1. The van der Waals surface area contributed by atoms with Crippen LogP contribution in [0, 0.1) is 12.3 Å². The van der Waals surface area contributed by atoms with Gasteiger partial charge in [-0.05, 0) is 38.0 Å². The van der Waals surface area contributed by atoms with E-state index in [0.717, 1.165) is 12.5 Å². The lowest BCUT2D eigenvalue weighted by Gasteiger charge is -2.14. The molecule has 3 aromatic heterocycles. The summed E-state index contributed by atoms with van der Waals surface area (Å²) < 4.78 is 13.2. The standard InChI is InChI=1S/C19H22N4O4.C2H4O2/c1-4-27-10-6-9-22-15(20)13(19(25)26-3)11-14-17(22)21-16-12(2)7-5-8-23(16)18(14)24;1-2(3)4/h5,7-8,11,20H,4,6,9-10H2,1-3H3;1H3,(H,3,4). The van der Waals surface area contributed by atoms with Crippen molar-refractivity contribution in [2.24, 2.45) is 0 Å². The molecular weight excluding hydrogens is 404 g/mol. The zero-order chi connectivity index (χ0) is 23.1. The van der Waals surface area contributed by atoms with Crippen LogP contribution < -0.4 is 11.0 Å². The summed E-state index contributed by atoms with van der Waals surface area (Å²) in [4.78, 5) is 38.8. The zero-order valence-corrected chi connectivity index (χ0v) is 18.0. The largest absolute Gasteiger partial charge is 0.481 e. The fourth-order valence-electron chi connectivity index (χ4n) is 3.05. The Morgan fingerprint density at radius 3 is 2.58 bits per heavy atom. The lowest BCUT2D eigenvalue weighted by atomic mass is 10.2. The van der Waals surface area contributed by atoms with Crippen LogP contribution in [0.25, 0.3) is 16.7 Å². The molecule has 10 heteroatoms. The number of hydrogen-bond acceptors (Lipinski definition) is 7. The van der Waals surface area contributed by atoms with Crippen molar-refractivity contribution in [2.75, 3.05) is 20.3 Å². The third kappa shape index (κ3) is 5.34. The topological polar surface area (TPSA) is 136 Å². The molecule has 3 rings (SSSR count). The third-order valence-electron chi connectivity index (χ3n) is 4.41. The lowest BCUT2D eigenvalue weighted by molar-refractivity contribution is -0.134. The molecule has 0 spiro atoms. The molecule has 0 radical (unpaired) electrons. The van der Waals surface area contributed by atoms with E-state index < -0.39 is 11.9 Å². The maximum absolute atomic E-state index is 13.0. The van der Waals surface area contributed by atoms with Crippen molar-refractivity contribution in [3.8, 4) is 0 Å². The summed E-state index contributed by atoms with van der Waals surface area (Å²) in [7, 11) is 1.25. The van der Waals surface area contributed by atoms with Gasteiger partial charge in [-0.1, -0.05) is 6.07 Å². The molecule has 2 N–H and O–H groups in total. The predicted octanol–water partition coefficient (Wildman–Crippen LogP) is 1.74. The second kappa shape index (κ2) is 10.5. The van der Waals surface area contributed by atoms with Crippen LogP contribution in [-0.2, 0) is 20.8 Å². The number of nitrogens with one attached hydrogen (secondary N) is 1. The fraction of sp³-hybridized carbons (Fsp3) is 0.381. The number of carbonyl (C=O) groups is 2. The average Bonchev–Trinajstić information content (AvgIpc) is 2.72. The van der Waals surface area contributed by atoms with Crippen molar-refractivity contribution < 1.29 is 24.2 Å². The number of carbonyl (C=O) groups excluding carboxylic acids is 1. The Kier molecular flexibility index (Phi) is 8.03. The number of ether oxygens (including phenoxy) is 2. The van der Waals surface area contributed by atoms with Crippen molar-refractivity contribution >= 4 is 28.6 Å². The van der Waals surface area contributed by atoms with E-state index in [1.54, 1.807) is 16.8 Å². The highest BCUT2D eigenvalue weighted by molar-refractivity contribution is 5.93. The molecule has 3 heterocycles. The Hall–Kier alpha value is -3.53. The van der Waals surface area contributed by atoms with E-state index in [4.69, 9.17) is 24.8 Å². The van der Waals surface area contributed by atoms with Gasteiger partial charge in [0.25, 0.3) is 11.5 Å². The van der Waals surface area contributed by atoms with Gasteiger partial charge in [0.1, 0.15) is 22.3 Å². The Labute approximate surface area is 178 Å². The van der Waals surface area contributed by atoms with Gasteiger partial charge >= 0.3 is 5.97 Å². The van der Waals surface area contributed by atoms with Crippen LogP contribution in [0.5, 0.6) is 0 Å². The minimum absolute atomic E-state index is 0.0318. The minimum atomic E-state index is -0.833. The van der Waals surface area contributed by atoms with Crippen LogP contribution in [0.1, 0.15) is 36.2 Å². The summed E-state index contributed by atoms with van der Waals surface area (Å²) in [6, 6.07) is 5.04. The molecule has 0 amide bonds. The first-order chi connectivity index (χ1) is 14.7. The van der Waals surface area contributed by atoms with Crippen LogP contribution in [0.2, 0.25) is 0 Å². The fourth-order valence-corrected chi connectivity index (χ4v) is 3.05. The molecule has 3 aromatic rings. The summed E-state index contributed by atoms with van der Waals surface area (Å²) in [6.45, 7) is 6.38. The minimum Gasteiger partial charge on any atom is -0.481 e. The Balaban J connectivity index is 0.000000785. The van der Waals surface area contributed by atoms with Gasteiger partial charge in [-0.3, -0.25) is 19.4 Å². The molecule has 0 aromatic carbocycles. The Bertz CT molecular complexity index is 1220. The van der Waals surface area contributed by atoms with Crippen molar-refractivity contribution in [3.05, 3.63) is 51.4 Å². The van der Waals surface area contributed by atoms with E-state index in [9.17, 15) is 9.59 Å². The molecule has 0 atom stereocenters. The first-order valence-corrected chi connectivity index (χ1v) is 9.68. The molecule has 0 aliphatic carbocycles. The summed E-state index contributed by atoms with van der Waals surface area (Å²) in [5, 5.41) is 16.1. The van der Waals surface area contributed by atoms with Crippen LogP contribution in [-0.4, -0.2) is 51.3 Å². The van der Waals surface area contributed by atoms with Gasteiger partial charge in [-0.2, -0.15) is 0 Å². The molecule has 0 aliphatic rings. The van der Waals surface area contributed by atoms with E-state index in [-0.39, 0.29) is 22.0 Å². The number of fused-ring (bicyclic) bond motifs is 2. The van der Waals surface area contributed by atoms with Crippen LogP contribution in [0.15, 0.2) is 29.2 Å². The zero-order valence-electron chi connectivity index (χ0n) is 18.0. The molecule has 10 nitrogen and oxygen atoms in total. The lowest BCUT2D eigenvalue weighted by Crippen LogP contribution is -2.31. The first-order valence-electron chi connectivity index (χ1n) is 9.68. The van der Waals surface area contributed by atoms with Crippen LogP contribution >= 0.6 is 0 Å². The summed E-state index contributed by atoms with van der Waals surface area (Å²) >= 11 is 0. The van der Waals surface area contributed by atoms with Crippen molar-refractivity contribution in [1.29, 1.82) is 5.41 Å². The number of rotatable bonds is 6. The summed E-state index contributed by atoms with van der Waals surface area (Å²) in [5.41, 5.74) is 1.47. The number of methoxy groups -OCH3 is 1. The van der Waals surface area contributed by atoms with E-state index in [1.165, 1.54) is 17.6 Å². The second-order valence-electron chi connectivity index (χ2n) is 6.66. The highest BCUT2D eigenvalue weighted by Crippen LogP contribution is 2.13. The molecule has 0 fully saturated rings. The SMILES string of the molecule is CC(=O)O.CCOCCCn1c(=N)c(C(=O)OC)cc2c(=O)n3cccc(C)c3nc21. The molecule has 31 heavy (non-hydrogen) atoms. The van der Waals surface area contributed by atoms with Crippen molar-refractivity contribution in [2.45, 2.75) is 33.7 Å². The number of nitrogens with zero attached hydrogens (tertiary/aromatic N) is 3. The quantitative estimate of drug-likeness (QED) is 0.345. The molecule has 0 aliphatic heterocycles. The van der Waals surface area contributed by atoms with Gasteiger partial charge in [0.05, 0.1) is 12.5 Å². The van der Waals surface area contributed by atoms with Crippen molar-refractivity contribution in [3.63, 3.8) is 0 Å². The van der Waals surface area contributed by atoms with Gasteiger partial charge in [-0.15, -0.1) is 0 Å². The van der Waals surface area contributed by atoms with E-state index in [1.807, 2.05) is 19.9 Å². The second-order valence-corrected chi connectivity index (χ2v) is 6.66. The number of esters is 1. The summed E-state index contributed by atoms with van der Waals surface area (Å²) in [6.07, 6.45) is 2.27. The summed E-state index contributed by atoms with van der Waals surface area (Å²) in [5.74, 6) is -1.49. The number of aryl methyl sites for hydroxylation is 2. The highest BCUT2D eigenvalue weighted by Gasteiger charge is 2.18. The number of aliphatic carboxylic acids is 1. The molecule has 0 saturated heterocycles. The van der Waals surface area contributed by atoms with Crippen molar-refractivity contribution in [1.82, 2.24) is 14.0 Å². The normalized spacial score (nSPS) is 10.6. The van der Waals surface area contributed by atoms with E-state index in [2.05, 4.69) is 4.98 Å².